The Labute approximate surface area is 128 Å². The van der Waals surface area contributed by atoms with E-state index in [0.717, 1.165) is 6.42 Å². The Bertz CT molecular complexity index is 594. The van der Waals surface area contributed by atoms with Crippen LogP contribution >= 0.6 is 0 Å². The molecular formula is C16H20N2O4. The van der Waals surface area contributed by atoms with Crippen LogP contribution in [0.5, 0.6) is 0 Å². The minimum atomic E-state index is -0.875. The molecule has 0 atom stereocenters. The predicted octanol–water partition coefficient (Wildman–Crippen LogP) is 1.42. The minimum Gasteiger partial charge on any atom is -0.481 e. The summed E-state index contributed by atoms with van der Waals surface area (Å²) in [6.07, 6.45) is 2.01. The monoisotopic (exact) mass is 304 g/mol. The summed E-state index contributed by atoms with van der Waals surface area (Å²) in [7, 11) is 0. The fourth-order valence-electron chi connectivity index (χ4n) is 2.11. The van der Waals surface area contributed by atoms with Gasteiger partial charge in [-0.2, -0.15) is 0 Å². The second-order valence-electron chi connectivity index (χ2n) is 5.60. The molecule has 6 heteroatoms. The van der Waals surface area contributed by atoms with E-state index in [0.29, 0.717) is 30.5 Å². The zero-order valence-electron chi connectivity index (χ0n) is 12.5. The van der Waals surface area contributed by atoms with Gasteiger partial charge in [-0.3, -0.25) is 14.4 Å². The molecule has 1 aliphatic rings. The highest BCUT2D eigenvalue weighted by molar-refractivity contribution is 5.99. The maximum atomic E-state index is 12.1. The average Bonchev–Trinajstić information content (AvgIpc) is 3.31. The standard InChI is InChI=1S/C16H20N2O4/c1-2-8-17-13(19)11-4-3-5-12(9-11)14(20)18-10-16(6-7-16)15(21)22/h3-5,9H,2,6-8,10H2,1H3,(H,17,19)(H,18,20)(H,21,22). The summed E-state index contributed by atoms with van der Waals surface area (Å²) in [5, 5.41) is 14.5. The molecule has 118 valence electrons. The summed E-state index contributed by atoms with van der Waals surface area (Å²) < 4.78 is 0. The van der Waals surface area contributed by atoms with Crippen molar-refractivity contribution >= 4 is 17.8 Å². The highest BCUT2D eigenvalue weighted by Gasteiger charge is 2.50. The molecule has 2 amide bonds. The van der Waals surface area contributed by atoms with E-state index < -0.39 is 11.4 Å². The topological polar surface area (TPSA) is 95.5 Å². The van der Waals surface area contributed by atoms with E-state index >= 15 is 0 Å². The summed E-state index contributed by atoms with van der Waals surface area (Å²) >= 11 is 0. The van der Waals surface area contributed by atoms with Crippen molar-refractivity contribution in [2.45, 2.75) is 26.2 Å². The Morgan fingerprint density at radius 3 is 2.23 bits per heavy atom. The third-order valence-electron chi connectivity index (χ3n) is 3.82. The number of hydrogen-bond donors (Lipinski definition) is 3. The van der Waals surface area contributed by atoms with Crippen molar-refractivity contribution in [2.75, 3.05) is 13.1 Å². The van der Waals surface area contributed by atoms with Crippen molar-refractivity contribution < 1.29 is 19.5 Å². The van der Waals surface area contributed by atoms with E-state index in [2.05, 4.69) is 10.6 Å². The molecule has 1 aromatic carbocycles. The SMILES string of the molecule is CCCNC(=O)c1cccc(C(=O)NCC2(C(=O)O)CC2)c1. The van der Waals surface area contributed by atoms with Crippen LogP contribution in [0.4, 0.5) is 0 Å². The van der Waals surface area contributed by atoms with Gasteiger partial charge in [0.05, 0.1) is 5.41 Å². The van der Waals surface area contributed by atoms with Crippen LogP contribution in [-0.2, 0) is 4.79 Å². The van der Waals surface area contributed by atoms with Gasteiger partial charge >= 0.3 is 5.97 Å². The molecule has 0 spiro atoms. The second-order valence-corrected chi connectivity index (χ2v) is 5.60. The van der Waals surface area contributed by atoms with Gasteiger partial charge in [0.25, 0.3) is 11.8 Å². The van der Waals surface area contributed by atoms with Crippen LogP contribution < -0.4 is 10.6 Å². The molecule has 6 nitrogen and oxygen atoms in total. The summed E-state index contributed by atoms with van der Waals surface area (Å²) in [4.78, 5) is 35.0. The largest absolute Gasteiger partial charge is 0.481 e. The van der Waals surface area contributed by atoms with E-state index in [1.54, 1.807) is 18.2 Å². The lowest BCUT2D eigenvalue weighted by atomic mass is 10.1. The fraction of sp³-hybridized carbons (Fsp3) is 0.438. The molecule has 0 aliphatic heterocycles. The molecule has 1 fully saturated rings. The average molecular weight is 304 g/mol. The Morgan fingerprint density at radius 1 is 1.14 bits per heavy atom. The number of nitrogens with one attached hydrogen (secondary N) is 2. The van der Waals surface area contributed by atoms with Gasteiger partial charge in [0.2, 0.25) is 0 Å². The van der Waals surface area contributed by atoms with E-state index in [1.807, 2.05) is 6.92 Å². The highest BCUT2D eigenvalue weighted by atomic mass is 16.4. The lowest BCUT2D eigenvalue weighted by Gasteiger charge is -2.11. The van der Waals surface area contributed by atoms with Crippen molar-refractivity contribution in [1.29, 1.82) is 0 Å². The third kappa shape index (κ3) is 3.63. The summed E-state index contributed by atoms with van der Waals surface area (Å²) in [5.74, 6) is -1.46. The number of carboxylic acid groups (broad SMARTS) is 1. The normalized spacial score (nSPS) is 15.0. The van der Waals surface area contributed by atoms with Crippen LogP contribution in [0.2, 0.25) is 0 Å². The van der Waals surface area contributed by atoms with Gasteiger partial charge in [-0.1, -0.05) is 13.0 Å². The van der Waals surface area contributed by atoms with E-state index in [9.17, 15) is 14.4 Å². The quantitative estimate of drug-likeness (QED) is 0.710. The fourth-order valence-corrected chi connectivity index (χ4v) is 2.11. The van der Waals surface area contributed by atoms with Gasteiger partial charge in [-0.05, 0) is 37.5 Å². The molecule has 0 heterocycles. The van der Waals surface area contributed by atoms with Gasteiger partial charge in [0, 0.05) is 24.2 Å². The summed E-state index contributed by atoms with van der Waals surface area (Å²) in [6, 6.07) is 6.40. The number of carboxylic acids is 1. The molecule has 0 radical (unpaired) electrons. The molecule has 22 heavy (non-hydrogen) atoms. The van der Waals surface area contributed by atoms with Crippen LogP contribution in [0, 0.1) is 5.41 Å². The summed E-state index contributed by atoms with van der Waals surface area (Å²) in [5.41, 5.74) is -0.0306. The number of carbonyl (C=O) groups excluding carboxylic acids is 2. The first kappa shape index (κ1) is 16.0. The van der Waals surface area contributed by atoms with Gasteiger partial charge in [-0.25, -0.2) is 0 Å². The van der Waals surface area contributed by atoms with Crippen LogP contribution in [0.1, 0.15) is 46.9 Å². The maximum absolute atomic E-state index is 12.1. The van der Waals surface area contributed by atoms with E-state index in [1.165, 1.54) is 6.07 Å². The first-order valence-corrected chi connectivity index (χ1v) is 7.38. The van der Waals surface area contributed by atoms with Crippen LogP contribution in [0.25, 0.3) is 0 Å². The Kier molecular flexibility index (Phi) is 4.80. The first-order valence-electron chi connectivity index (χ1n) is 7.38. The highest BCUT2D eigenvalue weighted by Crippen LogP contribution is 2.45. The van der Waals surface area contributed by atoms with Crippen molar-refractivity contribution in [2.24, 2.45) is 5.41 Å². The lowest BCUT2D eigenvalue weighted by molar-refractivity contribution is -0.143. The number of hydrogen-bond acceptors (Lipinski definition) is 3. The van der Waals surface area contributed by atoms with Gasteiger partial charge < -0.3 is 15.7 Å². The summed E-state index contributed by atoms with van der Waals surface area (Å²) in [6.45, 7) is 2.66. The Hall–Kier alpha value is -2.37. The first-order chi connectivity index (χ1) is 10.5. The molecule has 1 aromatic rings. The number of aliphatic carboxylic acids is 1. The molecule has 0 aromatic heterocycles. The third-order valence-corrected chi connectivity index (χ3v) is 3.82. The zero-order valence-corrected chi connectivity index (χ0v) is 12.5. The van der Waals surface area contributed by atoms with E-state index in [4.69, 9.17) is 5.11 Å². The molecule has 0 bridgehead atoms. The van der Waals surface area contributed by atoms with Gasteiger partial charge in [-0.15, -0.1) is 0 Å². The number of carbonyl (C=O) groups is 3. The van der Waals surface area contributed by atoms with Crippen molar-refractivity contribution in [3.63, 3.8) is 0 Å². The van der Waals surface area contributed by atoms with Crippen molar-refractivity contribution in [3.05, 3.63) is 35.4 Å². The van der Waals surface area contributed by atoms with Crippen LogP contribution in [-0.4, -0.2) is 36.0 Å². The molecule has 0 saturated heterocycles. The number of amides is 2. The predicted molar refractivity (Wildman–Crippen MR) is 80.7 cm³/mol. The lowest BCUT2D eigenvalue weighted by Crippen LogP contribution is -2.34. The van der Waals surface area contributed by atoms with E-state index in [-0.39, 0.29) is 18.4 Å². The maximum Gasteiger partial charge on any atom is 0.311 e. The number of rotatable bonds is 7. The molecule has 1 saturated carbocycles. The molecule has 0 unspecified atom stereocenters. The molecule has 1 aliphatic carbocycles. The smallest absolute Gasteiger partial charge is 0.311 e. The van der Waals surface area contributed by atoms with Gasteiger partial charge in [0.15, 0.2) is 0 Å². The minimum absolute atomic E-state index is 0.118. The molecule has 2 rings (SSSR count). The molecule has 3 N–H and O–H groups in total. The van der Waals surface area contributed by atoms with Gasteiger partial charge in [0.1, 0.15) is 0 Å². The van der Waals surface area contributed by atoms with Crippen LogP contribution in [0.3, 0.4) is 0 Å². The van der Waals surface area contributed by atoms with Crippen molar-refractivity contribution in [1.82, 2.24) is 10.6 Å². The zero-order chi connectivity index (χ0) is 16.2. The second kappa shape index (κ2) is 6.60. The molecular weight excluding hydrogens is 284 g/mol. The van der Waals surface area contributed by atoms with Crippen LogP contribution in [0.15, 0.2) is 24.3 Å². The Balaban J connectivity index is 1.98. The number of benzene rings is 1. The van der Waals surface area contributed by atoms with Crippen molar-refractivity contribution in [3.8, 4) is 0 Å². The Morgan fingerprint density at radius 2 is 1.73 bits per heavy atom.